The summed E-state index contributed by atoms with van der Waals surface area (Å²) in [4.78, 5) is 52.7. The summed E-state index contributed by atoms with van der Waals surface area (Å²) in [7, 11) is -17.1. The highest BCUT2D eigenvalue weighted by Crippen LogP contribution is 2.67. The molecule has 1 fully saturated rings. The Hall–Kier alpha value is -1.38. The van der Waals surface area contributed by atoms with Gasteiger partial charge in [0.15, 0.2) is 22.6 Å². The number of hydrogen-bond acceptors (Lipinski definition) is 11. The molecule has 17 nitrogen and oxygen atoms in total. The Labute approximate surface area is 221 Å². The number of halogens is 3. The number of fused-ring (bicyclic) bond motifs is 1. The molecule has 1 saturated heterocycles. The molecule has 7 atom stereocenters. The first-order chi connectivity index (χ1) is 17.3. The van der Waals surface area contributed by atoms with E-state index in [0.29, 0.717) is 0 Å². The van der Waals surface area contributed by atoms with Crippen molar-refractivity contribution < 1.29 is 60.6 Å². The molecule has 0 spiro atoms. The standard InChI is InChI=1S/C15H18Cl2FN4O13P3/c1-6(33-37(28,29)35-38(30,31)34-36(25,26)27)10-7(5-23)15(17,2-3-16)13(32-10)22-4-8(18)9-11(22)20-14(19)21-12(9)24/h4,6-7,10,13,23H,5H2,1H3,(H,28,29)(H,30,31)(H2,25,26,27)(H3,19,20,21,24)/t6-,7?,10-,13-,15?/m1/s1. The second kappa shape index (κ2) is 10.9. The molecule has 0 bridgehead atoms. The number of aliphatic hydroxyl groups excluding tert-OH is 1. The molecule has 8 N–H and O–H groups in total. The Kier molecular flexibility index (Phi) is 8.93. The van der Waals surface area contributed by atoms with E-state index in [9.17, 15) is 37.8 Å². The summed E-state index contributed by atoms with van der Waals surface area (Å²) in [6, 6.07) is 0. The number of aromatic nitrogens is 3. The smallest absolute Gasteiger partial charge is 0.396 e. The zero-order chi connectivity index (χ0) is 28.8. The molecule has 2 aromatic heterocycles. The number of phosphoric acid groups is 3. The van der Waals surface area contributed by atoms with Gasteiger partial charge in [0, 0.05) is 17.5 Å². The van der Waals surface area contributed by atoms with E-state index in [1.807, 2.05) is 5.38 Å². The fourth-order valence-electron chi connectivity index (χ4n) is 3.81. The maximum absolute atomic E-state index is 14.7. The predicted molar refractivity (Wildman–Crippen MR) is 126 cm³/mol. The van der Waals surface area contributed by atoms with Gasteiger partial charge in [-0.15, -0.1) is 0 Å². The largest absolute Gasteiger partial charge is 0.490 e. The number of nitrogens with zero attached hydrogens (tertiary/aromatic N) is 2. The number of rotatable bonds is 9. The van der Waals surface area contributed by atoms with E-state index in [1.54, 1.807) is 0 Å². The number of alkyl halides is 1. The number of nitrogen functional groups attached to an aromatic ring is 1. The summed E-state index contributed by atoms with van der Waals surface area (Å²) in [5, 5.41) is 11.5. The van der Waals surface area contributed by atoms with Crippen LogP contribution in [0.5, 0.6) is 0 Å². The van der Waals surface area contributed by atoms with Crippen LogP contribution in [0.3, 0.4) is 0 Å². The Bertz CT molecular complexity index is 1500. The van der Waals surface area contributed by atoms with Gasteiger partial charge in [-0.1, -0.05) is 17.5 Å². The van der Waals surface area contributed by atoms with Crippen molar-refractivity contribution in [2.75, 3.05) is 12.3 Å². The van der Waals surface area contributed by atoms with Crippen molar-refractivity contribution in [2.45, 2.75) is 30.2 Å². The first kappa shape index (κ1) is 31.2. The molecule has 23 heteroatoms. The molecule has 1 aliphatic heterocycles. The van der Waals surface area contributed by atoms with E-state index in [0.717, 1.165) is 17.7 Å². The zero-order valence-corrected chi connectivity index (χ0v) is 22.7. The number of phosphoric ester groups is 1. The fraction of sp³-hybridized carbons (Fsp3) is 0.467. The lowest BCUT2D eigenvalue weighted by molar-refractivity contribution is -0.0641. The van der Waals surface area contributed by atoms with Gasteiger partial charge >= 0.3 is 23.5 Å². The zero-order valence-electron chi connectivity index (χ0n) is 18.5. The van der Waals surface area contributed by atoms with Crippen molar-refractivity contribution in [1.29, 1.82) is 0 Å². The van der Waals surface area contributed by atoms with Gasteiger partial charge < -0.3 is 35.2 Å². The first-order valence-corrected chi connectivity index (χ1v) is 15.1. The third-order valence-electron chi connectivity index (χ3n) is 5.10. The number of H-pyrrole nitrogens is 1. The molecule has 2 aromatic rings. The van der Waals surface area contributed by atoms with Crippen molar-refractivity contribution in [3.63, 3.8) is 0 Å². The van der Waals surface area contributed by atoms with Gasteiger partial charge in [-0.25, -0.2) is 18.1 Å². The fourth-order valence-corrected chi connectivity index (χ4v) is 7.61. The topological polar surface area (TPSA) is 266 Å². The van der Waals surface area contributed by atoms with E-state index in [4.69, 9.17) is 48.0 Å². The van der Waals surface area contributed by atoms with Crippen LogP contribution in [0.4, 0.5) is 10.3 Å². The van der Waals surface area contributed by atoms with Crippen molar-refractivity contribution in [2.24, 2.45) is 5.92 Å². The highest BCUT2D eigenvalue weighted by Gasteiger charge is 2.59. The Morgan fingerprint density at radius 1 is 1.32 bits per heavy atom. The van der Waals surface area contributed by atoms with Crippen molar-refractivity contribution in [3.8, 4) is 11.3 Å². The van der Waals surface area contributed by atoms with E-state index >= 15 is 0 Å². The molecule has 4 unspecified atom stereocenters. The molecule has 0 aliphatic carbocycles. The second-order valence-electron chi connectivity index (χ2n) is 7.67. The summed E-state index contributed by atoms with van der Waals surface area (Å²) < 4.78 is 68.2. The SMILES string of the molecule is C[C@@H](OP(=O)(O)OP(=O)(O)OP(=O)(O)O)[C@H]1O[C@@H](n2cc(F)c3c(=O)[nH]c(N)nc32)C(Cl)(C#CCl)C1CO. The summed E-state index contributed by atoms with van der Waals surface area (Å²) in [6.45, 7) is 0.215. The Morgan fingerprint density at radius 3 is 2.50 bits per heavy atom. The number of nitrogens with one attached hydrogen (secondary N) is 1. The average molecular weight is 645 g/mol. The number of hydrogen-bond donors (Lipinski definition) is 7. The molecular formula is C15H18Cl2FN4O13P3. The van der Waals surface area contributed by atoms with Crippen LogP contribution in [-0.2, 0) is 31.6 Å². The highest BCUT2D eigenvalue weighted by molar-refractivity contribution is 7.66. The van der Waals surface area contributed by atoms with Crippen molar-refractivity contribution >= 4 is 63.7 Å². The lowest BCUT2D eigenvalue weighted by Crippen LogP contribution is -2.41. The molecule has 212 valence electrons. The number of anilines is 1. The summed E-state index contributed by atoms with van der Waals surface area (Å²) in [6.07, 6.45) is -4.02. The van der Waals surface area contributed by atoms with Crippen LogP contribution >= 0.6 is 46.7 Å². The van der Waals surface area contributed by atoms with Gasteiger partial charge in [0.2, 0.25) is 5.95 Å². The maximum atomic E-state index is 14.7. The molecule has 0 amide bonds. The van der Waals surface area contributed by atoms with Crippen LogP contribution in [0.2, 0.25) is 0 Å². The molecule has 0 saturated carbocycles. The second-order valence-corrected chi connectivity index (χ2v) is 12.9. The Balaban J connectivity index is 2.01. The first-order valence-electron chi connectivity index (χ1n) is 9.80. The third-order valence-corrected chi connectivity index (χ3v) is 9.68. The van der Waals surface area contributed by atoms with E-state index in [1.165, 1.54) is 0 Å². The van der Waals surface area contributed by atoms with E-state index < -0.39 is 82.0 Å². The van der Waals surface area contributed by atoms with Crippen LogP contribution in [0.15, 0.2) is 11.0 Å². The summed E-state index contributed by atoms with van der Waals surface area (Å²) >= 11 is 12.2. The number of aromatic amines is 1. The highest BCUT2D eigenvalue weighted by atomic mass is 35.5. The van der Waals surface area contributed by atoms with Crippen LogP contribution in [-0.4, -0.2) is 62.9 Å². The minimum absolute atomic E-state index is 0.354. The summed E-state index contributed by atoms with van der Waals surface area (Å²) in [5.74, 6) is -0.433. The number of nitrogens with two attached hydrogens (primary N) is 1. The van der Waals surface area contributed by atoms with Gasteiger partial charge in [-0.2, -0.15) is 13.6 Å². The molecule has 3 rings (SSSR count). The quantitative estimate of drug-likeness (QED) is 0.113. The summed E-state index contributed by atoms with van der Waals surface area (Å²) in [5.41, 5.74) is 4.26. The predicted octanol–water partition coefficient (Wildman–Crippen LogP) is 0.861. The minimum Gasteiger partial charge on any atom is -0.396 e. The van der Waals surface area contributed by atoms with Crippen molar-refractivity contribution in [1.82, 2.24) is 14.5 Å². The molecule has 3 heterocycles. The average Bonchev–Trinajstić information content (AvgIpc) is 3.18. The van der Waals surface area contributed by atoms with Gasteiger partial charge in [-0.3, -0.25) is 18.9 Å². The normalized spacial score (nSPS) is 27.9. The lowest BCUT2D eigenvalue weighted by Gasteiger charge is -2.28. The van der Waals surface area contributed by atoms with E-state index in [-0.39, 0.29) is 5.65 Å². The van der Waals surface area contributed by atoms with E-state index in [2.05, 4.69) is 24.5 Å². The monoisotopic (exact) mass is 644 g/mol. The lowest BCUT2D eigenvalue weighted by atomic mass is 9.87. The molecule has 38 heavy (non-hydrogen) atoms. The number of ether oxygens (including phenoxy) is 1. The third kappa shape index (κ3) is 6.49. The minimum atomic E-state index is -5.83. The van der Waals surface area contributed by atoms with Crippen molar-refractivity contribution in [3.05, 3.63) is 22.4 Å². The molecule has 1 aliphatic rings. The van der Waals surface area contributed by atoms with Crippen LogP contribution in [0.25, 0.3) is 11.0 Å². The van der Waals surface area contributed by atoms with Gasteiger partial charge in [-0.05, 0) is 18.5 Å². The molecule has 0 aromatic carbocycles. The van der Waals surface area contributed by atoms with Crippen LogP contribution in [0.1, 0.15) is 13.2 Å². The number of aliphatic hydroxyl groups is 1. The van der Waals surface area contributed by atoms with Gasteiger partial charge in [0.1, 0.15) is 5.39 Å². The molecule has 0 radical (unpaired) electrons. The van der Waals surface area contributed by atoms with Gasteiger partial charge in [0.05, 0.1) is 18.8 Å². The van der Waals surface area contributed by atoms with Gasteiger partial charge in [0.25, 0.3) is 5.56 Å². The van der Waals surface area contributed by atoms with Crippen LogP contribution in [0, 0.1) is 23.0 Å². The maximum Gasteiger partial charge on any atom is 0.490 e. The van der Waals surface area contributed by atoms with Crippen LogP contribution < -0.4 is 11.3 Å². The Morgan fingerprint density at radius 2 is 1.95 bits per heavy atom. The molecular weight excluding hydrogens is 627 g/mol.